The first kappa shape index (κ1) is 13.4. The third-order valence-corrected chi connectivity index (χ3v) is 4.74. The molecule has 1 unspecified atom stereocenters. The Labute approximate surface area is 120 Å². The predicted molar refractivity (Wildman–Crippen MR) is 80.9 cm³/mol. The van der Waals surface area contributed by atoms with Crippen LogP contribution in [0.5, 0.6) is 0 Å². The van der Waals surface area contributed by atoms with Gasteiger partial charge in [0.2, 0.25) is 0 Å². The molecule has 1 aromatic rings. The Hall–Kier alpha value is -1.55. The van der Waals surface area contributed by atoms with Gasteiger partial charge in [0.1, 0.15) is 0 Å². The van der Waals surface area contributed by atoms with Crippen molar-refractivity contribution in [1.29, 1.82) is 0 Å². The maximum Gasteiger partial charge on any atom is 0.250 e. The van der Waals surface area contributed by atoms with E-state index in [2.05, 4.69) is 10.6 Å². The zero-order valence-electron chi connectivity index (χ0n) is 12.0. The minimum Gasteiger partial charge on any atom is -0.382 e. The molecule has 0 radical (unpaired) electrons. The summed E-state index contributed by atoms with van der Waals surface area (Å²) in [5, 5.41) is 7.22. The number of amides is 1. The summed E-state index contributed by atoms with van der Waals surface area (Å²) in [6, 6.07) is 6.20. The number of hydrogen-bond donors (Lipinski definition) is 3. The lowest BCUT2D eigenvalue weighted by Crippen LogP contribution is -2.58. The summed E-state index contributed by atoms with van der Waals surface area (Å²) in [6.45, 7) is 3.08. The number of benzene rings is 1. The number of anilines is 1. The van der Waals surface area contributed by atoms with Crippen molar-refractivity contribution in [2.75, 3.05) is 11.9 Å². The van der Waals surface area contributed by atoms with Gasteiger partial charge in [-0.3, -0.25) is 4.79 Å². The zero-order valence-corrected chi connectivity index (χ0v) is 12.0. The molecule has 0 aromatic heterocycles. The van der Waals surface area contributed by atoms with E-state index in [1.54, 1.807) is 0 Å². The summed E-state index contributed by atoms with van der Waals surface area (Å²) in [7, 11) is 0. The summed E-state index contributed by atoms with van der Waals surface area (Å²) < 4.78 is 0. The van der Waals surface area contributed by atoms with E-state index in [0.29, 0.717) is 17.1 Å². The highest BCUT2D eigenvalue weighted by Gasteiger charge is 2.40. The lowest BCUT2D eigenvalue weighted by molar-refractivity contribution is 0.100. The van der Waals surface area contributed by atoms with Crippen molar-refractivity contribution in [3.8, 4) is 0 Å². The molecule has 4 nitrogen and oxygen atoms in total. The molecule has 4 heteroatoms. The predicted octanol–water partition coefficient (Wildman–Crippen LogP) is 2.18. The maximum absolute atomic E-state index is 11.5. The number of rotatable bonds is 3. The number of nitrogens with one attached hydrogen (secondary N) is 2. The standard InChI is InChI=1S/C16H23N3O/c1-11-3-4-13(15(17)20)14(9-11)19-12-5-8-18-16(10-12)6-2-7-16/h3-4,9,12,18-19H,2,5-8,10H2,1H3,(H2,17,20). The molecule has 4 N–H and O–H groups in total. The number of aryl methyl sites for hydroxylation is 1. The molecule has 3 rings (SSSR count). The van der Waals surface area contributed by atoms with Gasteiger partial charge in [-0.15, -0.1) is 0 Å². The summed E-state index contributed by atoms with van der Waals surface area (Å²) in [5.74, 6) is -0.361. The van der Waals surface area contributed by atoms with Crippen LogP contribution >= 0.6 is 0 Å². The van der Waals surface area contributed by atoms with Crippen LogP contribution in [0.15, 0.2) is 18.2 Å². The average molecular weight is 273 g/mol. The third kappa shape index (κ3) is 2.52. The number of piperidine rings is 1. The van der Waals surface area contributed by atoms with Crippen LogP contribution in [0.1, 0.15) is 48.0 Å². The van der Waals surface area contributed by atoms with Gasteiger partial charge >= 0.3 is 0 Å². The monoisotopic (exact) mass is 273 g/mol. The molecule has 1 amide bonds. The average Bonchev–Trinajstić information content (AvgIpc) is 2.37. The van der Waals surface area contributed by atoms with Gasteiger partial charge in [-0.2, -0.15) is 0 Å². The van der Waals surface area contributed by atoms with Crippen LogP contribution < -0.4 is 16.4 Å². The van der Waals surface area contributed by atoms with Crippen molar-refractivity contribution >= 4 is 11.6 Å². The second-order valence-electron chi connectivity index (χ2n) is 6.31. The summed E-state index contributed by atoms with van der Waals surface area (Å²) in [5.41, 5.74) is 8.45. The molecular weight excluding hydrogens is 250 g/mol. The lowest BCUT2D eigenvalue weighted by atomic mass is 9.70. The van der Waals surface area contributed by atoms with Crippen molar-refractivity contribution in [2.45, 2.75) is 50.6 Å². The fourth-order valence-corrected chi connectivity index (χ4v) is 3.48. The van der Waals surface area contributed by atoms with Gasteiger partial charge in [0, 0.05) is 17.3 Å². The highest BCUT2D eigenvalue weighted by atomic mass is 16.1. The molecule has 1 aromatic carbocycles. The molecule has 2 aliphatic rings. The molecule has 108 valence electrons. The SMILES string of the molecule is Cc1ccc(C(N)=O)c(NC2CCNC3(CCC3)C2)c1. The summed E-state index contributed by atoms with van der Waals surface area (Å²) >= 11 is 0. The lowest BCUT2D eigenvalue weighted by Gasteiger charge is -2.48. The molecule has 2 fully saturated rings. The van der Waals surface area contributed by atoms with Crippen LogP contribution in [0, 0.1) is 6.92 Å². The first-order chi connectivity index (χ1) is 9.58. The molecule has 1 heterocycles. The first-order valence-electron chi connectivity index (χ1n) is 7.50. The molecule has 0 bridgehead atoms. The molecule has 20 heavy (non-hydrogen) atoms. The number of nitrogens with two attached hydrogens (primary N) is 1. The second kappa shape index (κ2) is 5.09. The van der Waals surface area contributed by atoms with Gasteiger partial charge < -0.3 is 16.4 Å². The van der Waals surface area contributed by atoms with Crippen LogP contribution in [0.2, 0.25) is 0 Å². The van der Waals surface area contributed by atoms with E-state index in [0.717, 1.165) is 30.6 Å². The topological polar surface area (TPSA) is 67.2 Å². The van der Waals surface area contributed by atoms with Crippen LogP contribution in [0.25, 0.3) is 0 Å². The Morgan fingerprint density at radius 1 is 1.45 bits per heavy atom. The fraction of sp³-hybridized carbons (Fsp3) is 0.562. The minimum atomic E-state index is -0.361. The van der Waals surface area contributed by atoms with Gasteiger partial charge in [-0.25, -0.2) is 0 Å². The highest BCUT2D eigenvalue weighted by Crippen LogP contribution is 2.39. The van der Waals surface area contributed by atoms with E-state index in [1.165, 1.54) is 19.3 Å². The van der Waals surface area contributed by atoms with Crippen molar-refractivity contribution < 1.29 is 4.79 Å². The van der Waals surface area contributed by atoms with Crippen LogP contribution in [0.4, 0.5) is 5.69 Å². The van der Waals surface area contributed by atoms with Gasteiger partial charge in [-0.05, 0) is 63.3 Å². The minimum absolute atomic E-state index is 0.354. The highest BCUT2D eigenvalue weighted by molar-refractivity contribution is 5.98. The smallest absolute Gasteiger partial charge is 0.250 e. The Kier molecular flexibility index (Phi) is 3.42. The van der Waals surface area contributed by atoms with Crippen LogP contribution in [-0.2, 0) is 0 Å². The number of hydrogen-bond acceptors (Lipinski definition) is 3. The van der Waals surface area contributed by atoms with Crippen LogP contribution in [0.3, 0.4) is 0 Å². The van der Waals surface area contributed by atoms with Gasteiger partial charge in [0.25, 0.3) is 5.91 Å². The Morgan fingerprint density at radius 2 is 2.25 bits per heavy atom. The molecule has 1 aliphatic carbocycles. The second-order valence-corrected chi connectivity index (χ2v) is 6.31. The summed E-state index contributed by atoms with van der Waals surface area (Å²) in [6.07, 6.45) is 6.12. The molecule has 1 saturated heterocycles. The Bertz CT molecular complexity index is 522. The van der Waals surface area contributed by atoms with E-state index in [1.807, 2.05) is 25.1 Å². The molecule has 1 spiro atoms. The van der Waals surface area contributed by atoms with E-state index >= 15 is 0 Å². The zero-order chi connectivity index (χ0) is 14.2. The molecular formula is C16H23N3O. The van der Waals surface area contributed by atoms with E-state index in [-0.39, 0.29) is 5.91 Å². The quantitative estimate of drug-likeness (QED) is 0.790. The number of carbonyl (C=O) groups is 1. The normalized spacial score (nSPS) is 24.1. The van der Waals surface area contributed by atoms with Crippen molar-refractivity contribution in [2.24, 2.45) is 5.73 Å². The number of carbonyl (C=O) groups excluding carboxylic acids is 1. The maximum atomic E-state index is 11.5. The fourth-order valence-electron chi connectivity index (χ4n) is 3.48. The first-order valence-corrected chi connectivity index (χ1v) is 7.50. The van der Waals surface area contributed by atoms with Crippen molar-refractivity contribution in [1.82, 2.24) is 5.32 Å². The van der Waals surface area contributed by atoms with E-state index in [9.17, 15) is 4.79 Å². The Balaban J connectivity index is 1.76. The van der Waals surface area contributed by atoms with Crippen molar-refractivity contribution in [3.05, 3.63) is 29.3 Å². The third-order valence-electron chi connectivity index (χ3n) is 4.74. The van der Waals surface area contributed by atoms with E-state index in [4.69, 9.17) is 5.73 Å². The molecule has 1 atom stereocenters. The van der Waals surface area contributed by atoms with E-state index < -0.39 is 0 Å². The largest absolute Gasteiger partial charge is 0.382 e. The van der Waals surface area contributed by atoms with Crippen molar-refractivity contribution in [3.63, 3.8) is 0 Å². The van der Waals surface area contributed by atoms with Gasteiger partial charge in [0.15, 0.2) is 0 Å². The summed E-state index contributed by atoms with van der Waals surface area (Å²) in [4.78, 5) is 11.5. The Morgan fingerprint density at radius 3 is 2.90 bits per heavy atom. The van der Waals surface area contributed by atoms with Gasteiger partial charge in [0.05, 0.1) is 5.56 Å². The number of primary amides is 1. The van der Waals surface area contributed by atoms with Crippen LogP contribution in [-0.4, -0.2) is 24.0 Å². The molecule has 1 saturated carbocycles. The van der Waals surface area contributed by atoms with Gasteiger partial charge in [-0.1, -0.05) is 6.07 Å². The molecule has 1 aliphatic heterocycles.